The Morgan fingerprint density at radius 2 is 1.75 bits per heavy atom. The van der Waals surface area contributed by atoms with Gasteiger partial charge in [0.15, 0.2) is 4.96 Å². The van der Waals surface area contributed by atoms with Gasteiger partial charge in [0.25, 0.3) is 5.56 Å². The molecule has 0 spiro atoms. The van der Waals surface area contributed by atoms with Crippen molar-refractivity contribution in [3.05, 3.63) is 121 Å². The van der Waals surface area contributed by atoms with Crippen LogP contribution in [0.1, 0.15) is 22.5 Å². The lowest BCUT2D eigenvalue weighted by molar-refractivity contribution is 0.306. The quantitative estimate of drug-likeness (QED) is 0.281. The van der Waals surface area contributed by atoms with E-state index in [2.05, 4.69) is 29.5 Å². The predicted molar refractivity (Wildman–Crippen MR) is 147 cm³/mol. The summed E-state index contributed by atoms with van der Waals surface area (Å²) in [7, 11) is 0. The van der Waals surface area contributed by atoms with Gasteiger partial charge in [-0.05, 0) is 85.6 Å². The van der Waals surface area contributed by atoms with E-state index in [-0.39, 0.29) is 5.56 Å². The first-order chi connectivity index (χ1) is 17.5. The lowest BCUT2D eigenvalue weighted by Crippen LogP contribution is -2.22. The highest BCUT2D eigenvalue weighted by Crippen LogP contribution is 2.24. The third-order valence-electron chi connectivity index (χ3n) is 6.32. The van der Waals surface area contributed by atoms with Crippen molar-refractivity contribution < 1.29 is 4.74 Å². The second kappa shape index (κ2) is 8.97. The van der Waals surface area contributed by atoms with E-state index in [0.29, 0.717) is 16.2 Å². The molecule has 0 amide bonds. The van der Waals surface area contributed by atoms with Gasteiger partial charge in [-0.15, -0.1) is 0 Å². The van der Waals surface area contributed by atoms with Gasteiger partial charge in [0.1, 0.15) is 12.4 Å². The lowest BCUT2D eigenvalue weighted by Gasteiger charge is -2.11. The number of thiazole rings is 1. The Labute approximate surface area is 216 Å². The maximum absolute atomic E-state index is 13.2. The first-order valence-corrected chi connectivity index (χ1v) is 12.8. The lowest BCUT2D eigenvalue weighted by atomic mass is 10.2. The molecule has 6 aromatic rings. The average Bonchev–Trinajstić information content (AvgIpc) is 3.49. The highest BCUT2D eigenvalue weighted by molar-refractivity contribution is 7.15. The largest absolute Gasteiger partial charge is 0.489 e. The van der Waals surface area contributed by atoms with Crippen molar-refractivity contribution in [2.24, 2.45) is 0 Å². The van der Waals surface area contributed by atoms with Crippen LogP contribution in [0.2, 0.25) is 5.02 Å². The molecule has 0 atom stereocenters. The number of rotatable bonds is 5. The Kier molecular flexibility index (Phi) is 5.63. The summed E-state index contributed by atoms with van der Waals surface area (Å²) in [5, 5.41) is 0.714. The minimum absolute atomic E-state index is 0.0318. The van der Waals surface area contributed by atoms with Gasteiger partial charge in [0, 0.05) is 22.1 Å². The Morgan fingerprint density at radius 3 is 2.53 bits per heavy atom. The van der Waals surface area contributed by atoms with E-state index in [0.717, 1.165) is 49.9 Å². The molecule has 5 nitrogen and oxygen atoms in total. The van der Waals surface area contributed by atoms with Crippen LogP contribution in [0.15, 0.2) is 83.7 Å². The summed E-state index contributed by atoms with van der Waals surface area (Å²) >= 11 is 7.38. The van der Waals surface area contributed by atoms with Crippen molar-refractivity contribution in [3.63, 3.8) is 0 Å². The number of hydrogen-bond acceptors (Lipinski definition) is 4. The fourth-order valence-corrected chi connectivity index (χ4v) is 5.63. The Balaban J connectivity index is 1.29. The van der Waals surface area contributed by atoms with Gasteiger partial charge in [-0.2, -0.15) is 0 Å². The van der Waals surface area contributed by atoms with Crippen molar-refractivity contribution in [1.82, 2.24) is 14.0 Å². The first kappa shape index (κ1) is 22.6. The number of aryl methyl sites for hydroxylation is 1. The zero-order valence-corrected chi connectivity index (χ0v) is 21.3. The van der Waals surface area contributed by atoms with Gasteiger partial charge in [-0.3, -0.25) is 4.79 Å². The summed E-state index contributed by atoms with van der Waals surface area (Å²) in [6, 6.07) is 25.5. The van der Waals surface area contributed by atoms with E-state index in [9.17, 15) is 4.79 Å². The smallest absolute Gasteiger partial charge is 0.274 e. The minimum Gasteiger partial charge on any atom is -0.489 e. The molecule has 3 aromatic carbocycles. The molecule has 36 heavy (non-hydrogen) atoms. The molecular formula is C29H22ClN3O2S. The van der Waals surface area contributed by atoms with Gasteiger partial charge in [-0.1, -0.05) is 47.2 Å². The highest BCUT2D eigenvalue weighted by Gasteiger charge is 2.13. The molecule has 0 aliphatic heterocycles. The molecule has 0 bridgehead atoms. The van der Waals surface area contributed by atoms with Crippen LogP contribution in [0.5, 0.6) is 5.75 Å². The van der Waals surface area contributed by atoms with Gasteiger partial charge >= 0.3 is 0 Å². The van der Waals surface area contributed by atoms with E-state index in [1.165, 1.54) is 11.3 Å². The Bertz CT molecular complexity index is 1830. The van der Waals surface area contributed by atoms with Crippen LogP contribution in [0.25, 0.3) is 27.8 Å². The third-order valence-corrected chi connectivity index (χ3v) is 7.54. The van der Waals surface area contributed by atoms with E-state index in [1.54, 1.807) is 4.40 Å². The van der Waals surface area contributed by atoms with Crippen LogP contribution in [0.3, 0.4) is 0 Å². The van der Waals surface area contributed by atoms with E-state index < -0.39 is 0 Å². The number of nitrogens with zero attached hydrogens (tertiary/aromatic N) is 3. The number of hydrogen-bond donors (Lipinski definition) is 0. The average molecular weight is 512 g/mol. The van der Waals surface area contributed by atoms with Crippen molar-refractivity contribution in [1.29, 1.82) is 0 Å². The summed E-state index contributed by atoms with van der Waals surface area (Å²) in [5.74, 6) is 0.799. The number of para-hydroxylation sites is 2. The third kappa shape index (κ3) is 3.98. The summed E-state index contributed by atoms with van der Waals surface area (Å²) < 4.78 is 10.5. The Morgan fingerprint density at radius 1 is 1.00 bits per heavy atom. The van der Waals surface area contributed by atoms with Crippen molar-refractivity contribution in [3.8, 4) is 11.4 Å². The standard InChI is InChI=1S/C29H22ClN3O2S/c1-18-15-21(16-27-28(34)33-26-6-4-3-5-25(26)31-29(33)36-27)19(2)32(18)23-11-13-24(14-12-23)35-17-20-7-9-22(30)10-8-20/h3-16H,17H2,1-2H3. The van der Waals surface area contributed by atoms with Gasteiger partial charge < -0.3 is 9.30 Å². The maximum atomic E-state index is 13.2. The number of imidazole rings is 1. The van der Waals surface area contributed by atoms with E-state index >= 15 is 0 Å². The molecule has 0 saturated carbocycles. The molecule has 0 N–H and O–H groups in total. The second-order valence-corrected chi connectivity index (χ2v) is 10.2. The van der Waals surface area contributed by atoms with Crippen LogP contribution < -0.4 is 14.8 Å². The molecule has 3 aromatic heterocycles. The number of halogens is 1. The zero-order chi connectivity index (χ0) is 24.8. The molecule has 0 saturated heterocycles. The molecule has 0 aliphatic carbocycles. The fraction of sp³-hybridized carbons (Fsp3) is 0.103. The monoisotopic (exact) mass is 511 g/mol. The van der Waals surface area contributed by atoms with Gasteiger partial charge in [0.2, 0.25) is 0 Å². The van der Waals surface area contributed by atoms with Gasteiger partial charge in [-0.25, -0.2) is 9.38 Å². The number of ether oxygens (including phenoxy) is 1. The van der Waals surface area contributed by atoms with Gasteiger partial charge in [0.05, 0.1) is 15.6 Å². The van der Waals surface area contributed by atoms with Crippen molar-refractivity contribution in [2.75, 3.05) is 0 Å². The SMILES string of the molecule is Cc1cc(C=c2sc3nc4ccccc4n3c2=O)c(C)n1-c1ccc(OCc2ccc(Cl)cc2)cc1. The molecule has 0 fully saturated rings. The highest BCUT2D eigenvalue weighted by atomic mass is 35.5. The zero-order valence-electron chi connectivity index (χ0n) is 19.7. The molecule has 0 radical (unpaired) electrons. The van der Waals surface area contributed by atoms with Crippen LogP contribution in [0.4, 0.5) is 0 Å². The maximum Gasteiger partial charge on any atom is 0.274 e. The molecule has 178 valence electrons. The van der Waals surface area contributed by atoms with Crippen molar-refractivity contribution in [2.45, 2.75) is 20.5 Å². The van der Waals surface area contributed by atoms with Crippen LogP contribution in [0, 0.1) is 13.8 Å². The molecule has 7 heteroatoms. The minimum atomic E-state index is -0.0318. The molecule has 6 rings (SSSR count). The van der Waals surface area contributed by atoms with Crippen LogP contribution in [-0.2, 0) is 6.61 Å². The number of aromatic nitrogens is 3. The van der Waals surface area contributed by atoms with Crippen molar-refractivity contribution >= 4 is 45.0 Å². The summed E-state index contributed by atoms with van der Waals surface area (Å²) in [5.41, 5.74) is 6.93. The van der Waals surface area contributed by atoms with E-state index in [1.807, 2.05) is 78.9 Å². The summed E-state index contributed by atoms with van der Waals surface area (Å²) in [4.78, 5) is 18.5. The molecule has 0 unspecified atom stereocenters. The fourth-order valence-electron chi connectivity index (χ4n) is 4.52. The Hall–Kier alpha value is -3.87. The normalized spacial score (nSPS) is 12.1. The number of benzene rings is 3. The molecule has 0 aliphatic rings. The van der Waals surface area contributed by atoms with Crippen LogP contribution in [-0.4, -0.2) is 14.0 Å². The topological polar surface area (TPSA) is 48.5 Å². The molecular weight excluding hydrogens is 490 g/mol. The van der Waals surface area contributed by atoms with E-state index in [4.69, 9.17) is 16.3 Å². The molecule has 3 heterocycles. The van der Waals surface area contributed by atoms with Crippen LogP contribution >= 0.6 is 22.9 Å². The second-order valence-electron chi connectivity index (χ2n) is 8.71. The first-order valence-electron chi connectivity index (χ1n) is 11.6. The summed E-state index contributed by atoms with van der Waals surface area (Å²) in [6.45, 7) is 4.62. The number of fused-ring (bicyclic) bond motifs is 3. The predicted octanol–water partition coefficient (Wildman–Crippen LogP) is 6.10. The summed E-state index contributed by atoms with van der Waals surface area (Å²) in [6.07, 6.45) is 1.97.